The molecule has 0 aliphatic rings. The van der Waals surface area contributed by atoms with Crippen LogP contribution in [0.5, 0.6) is 0 Å². The van der Waals surface area contributed by atoms with Crippen molar-refractivity contribution in [1.82, 2.24) is 20.9 Å². The summed E-state index contributed by atoms with van der Waals surface area (Å²) in [6, 6.07) is 3.76. The van der Waals surface area contributed by atoms with Crippen molar-refractivity contribution in [2.75, 3.05) is 24.0 Å². The van der Waals surface area contributed by atoms with Crippen molar-refractivity contribution in [1.29, 1.82) is 0 Å². The average molecular weight is 580 g/mol. The fraction of sp³-hybridized carbons (Fsp3) is 0.556. The van der Waals surface area contributed by atoms with Crippen molar-refractivity contribution < 1.29 is 24.3 Å². The van der Waals surface area contributed by atoms with Gasteiger partial charge < -0.3 is 31.8 Å². The molecule has 39 heavy (non-hydrogen) atoms. The minimum atomic E-state index is -1.19. The molecule has 0 aliphatic heterocycles. The van der Waals surface area contributed by atoms with E-state index in [0.717, 1.165) is 16.5 Å². The predicted octanol–water partition coefficient (Wildman–Crippen LogP) is 2.13. The number of benzene rings is 1. The summed E-state index contributed by atoms with van der Waals surface area (Å²) in [5.74, 6) is -1.27. The molecule has 7 N–H and O–H groups in total. The largest absolute Gasteiger partial charge is 0.480 e. The van der Waals surface area contributed by atoms with E-state index >= 15 is 0 Å². The first-order valence-corrected chi connectivity index (χ1v) is 15.8. The Hall–Kier alpha value is -2.70. The molecule has 12 heteroatoms. The highest BCUT2D eigenvalue weighted by Crippen LogP contribution is 2.19. The van der Waals surface area contributed by atoms with Crippen molar-refractivity contribution in [3.8, 4) is 0 Å². The summed E-state index contributed by atoms with van der Waals surface area (Å²) < 4.78 is 0. The Balaban J connectivity index is 2.15. The third-order valence-electron chi connectivity index (χ3n) is 6.26. The molecule has 3 amide bonds. The number of aromatic amines is 1. The predicted molar refractivity (Wildman–Crippen MR) is 159 cm³/mol. The standard InChI is InChI=1S/C27H41N5O5S2/c1-16(2)13-19(28)24(33)30-21(9-11-38-3)25(34)31-22(10-12-39-4)26(35)32-23(27(36)37)14-17-15-29-20-8-6-5-7-18(17)20/h5-8,15-16,19,21-23,29H,9-14,28H2,1-4H3,(H,30,33)(H,31,34)(H,32,35)(H,36,37). The number of nitrogens with one attached hydrogen (secondary N) is 4. The molecule has 1 heterocycles. The monoisotopic (exact) mass is 579 g/mol. The van der Waals surface area contributed by atoms with Gasteiger partial charge >= 0.3 is 5.97 Å². The van der Waals surface area contributed by atoms with Crippen molar-refractivity contribution in [3.05, 3.63) is 36.0 Å². The topological polar surface area (TPSA) is 166 Å². The number of thioether (sulfide) groups is 2. The van der Waals surface area contributed by atoms with Crippen LogP contribution in [0.25, 0.3) is 10.9 Å². The van der Waals surface area contributed by atoms with E-state index < -0.39 is 47.9 Å². The molecule has 0 fully saturated rings. The number of fused-ring (bicyclic) bond motifs is 1. The summed E-state index contributed by atoms with van der Waals surface area (Å²) >= 11 is 3.04. The molecular formula is C27H41N5O5S2. The first kappa shape index (κ1) is 32.5. The minimum absolute atomic E-state index is 0.0778. The van der Waals surface area contributed by atoms with Gasteiger partial charge in [0.2, 0.25) is 17.7 Å². The Kier molecular flexibility index (Phi) is 13.7. The number of hydrogen-bond donors (Lipinski definition) is 6. The molecule has 216 valence electrons. The number of para-hydroxylation sites is 1. The molecule has 1 aromatic carbocycles. The number of rotatable bonds is 17. The molecule has 2 rings (SSSR count). The third kappa shape index (κ3) is 10.4. The van der Waals surface area contributed by atoms with Crippen LogP contribution in [0.2, 0.25) is 0 Å². The van der Waals surface area contributed by atoms with Crippen molar-refractivity contribution >= 4 is 58.1 Å². The Morgan fingerprint density at radius 3 is 1.97 bits per heavy atom. The van der Waals surface area contributed by atoms with Crippen LogP contribution in [-0.4, -0.2) is 82.0 Å². The fourth-order valence-electron chi connectivity index (χ4n) is 4.17. The number of H-pyrrole nitrogens is 1. The zero-order valence-corrected chi connectivity index (χ0v) is 24.6. The second kappa shape index (κ2) is 16.4. The summed E-state index contributed by atoms with van der Waals surface area (Å²) in [6.45, 7) is 3.92. The van der Waals surface area contributed by atoms with Gasteiger partial charge in [-0.1, -0.05) is 32.0 Å². The van der Waals surface area contributed by atoms with Crippen LogP contribution in [0.3, 0.4) is 0 Å². The lowest BCUT2D eigenvalue weighted by Crippen LogP contribution is -2.57. The molecule has 0 radical (unpaired) electrons. The maximum atomic E-state index is 13.3. The van der Waals surface area contributed by atoms with Crippen LogP contribution in [0.1, 0.15) is 38.7 Å². The molecule has 0 spiro atoms. The summed E-state index contributed by atoms with van der Waals surface area (Å²) in [5, 5.41) is 18.8. The lowest BCUT2D eigenvalue weighted by molar-refractivity contribution is -0.142. The second-order valence-electron chi connectivity index (χ2n) is 9.88. The molecule has 0 bridgehead atoms. The summed E-state index contributed by atoms with van der Waals surface area (Å²) in [7, 11) is 0. The molecule has 0 saturated carbocycles. The molecule has 0 saturated heterocycles. The number of carbonyl (C=O) groups excluding carboxylic acids is 3. The number of nitrogens with two attached hydrogens (primary N) is 1. The van der Waals surface area contributed by atoms with E-state index in [0.29, 0.717) is 30.8 Å². The zero-order valence-electron chi connectivity index (χ0n) is 23.0. The molecule has 2 aromatic rings. The van der Waals surface area contributed by atoms with Crippen LogP contribution in [0.4, 0.5) is 0 Å². The number of carboxylic acid groups (broad SMARTS) is 1. The van der Waals surface area contributed by atoms with E-state index in [1.54, 1.807) is 6.20 Å². The van der Waals surface area contributed by atoms with Crippen LogP contribution in [0, 0.1) is 5.92 Å². The van der Waals surface area contributed by atoms with Crippen molar-refractivity contribution in [3.63, 3.8) is 0 Å². The Bertz CT molecular complexity index is 1110. The number of carbonyl (C=O) groups is 4. The third-order valence-corrected chi connectivity index (χ3v) is 7.55. The lowest BCUT2D eigenvalue weighted by Gasteiger charge is -2.25. The van der Waals surface area contributed by atoms with Crippen LogP contribution < -0.4 is 21.7 Å². The van der Waals surface area contributed by atoms with Gasteiger partial charge in [0, 0.05) is 23.5 Å². The molecule has 10 nitrogen and oxygen atoms in total. The van der Waals surface area contributed by atoms with E-state index in [1.807, 2.05) is 50.6 Å². The molecule has 4 unspecified atom stereocenters. The molecule has 1 aromatic heterocycles. The quantitative estimate of drug-likeness (QED) is 0.166. The number of aromatic nitrogens is 1. The van der Waals surface area contributed by atoms with E-state index in [2.05, 4.69) is 20.9 Å². The zero-order chi connectivity index (χ0) is 28.9. The number of carboxylic acids is 1. The van der Waals surface area contributed by atoms with E-state index in [4.69, 9.17) is 5.73 Å². The van der Waals surface area contributed by atoms with Gasteiger partial charge in [-0.05, 0) is 60.8 Å². The average Bonchev–Trinajstić information content (AvgIpc) is 3.30. The molecule has 4 atom stereocenters. The van der Waals surface area contributed by atoms with E-state index in [1.165, 1.54) is 23.5 Å². The SMILES string of the molecule is CSCCC(NC(=O)C(N)CC(C)C)C(=O)NC(CCSC)C(=O)NC(Cc1c[nH]c2ccccc12)C(=O)O. The molecule has 0 aliphatic carbocycles. The van der Waals surface area contributed by atoms with Gasteiger partial charge in [0.15, 0.2) is 0 Å². The van der Waals surface area contributed by atoms with Gasteiger partial charge in [-0.15, -0.1) is 0 Å². The highest BCUT2D eigenvalue weighted by atomic mass is 32.2. The smallest absolute Gasteiger partial charge is 0.326 e. The van der Waals surface area contributed by atoms with Gasteiger partial charge in [-0.2, -0.15) is 23.5 Å². The van der Waals surface area contributed by atoms with Gasteiger partial charge in [0.25, 0.3) is 0 Å². The van der Waals surface area contributed by atoms with Gasteiger partial charge in [0.05, 0.1) is 6.04 Å². The van der Waals surface area contributed by atoms with Crippen LogP contribution >= 0.6 is 23.5 Å². The van der Waals surface area contributed by atoms with Crippen LogP contribution in [0.15, 0.2) is 30.5 Å². The number of amides is 3. The Morgan fingerprint density at radius 1 is 0.897 bits per heavy atom. The summed E-state index contributed by atoms with van der Waals surface area (Å²) in [6.07, 6.45) is 6.74. The second-order valence-corrected chi connectivity index (χ2v) is 11.9. The minimum Gasteiger partial charge on any atom is -0.480 e. The first-order chi connectivity index (χ1) is 18.6. The normalized spacial score (nSPS) is 14.4. The highest BCUT2D eigenvalue weighted by molar-refractivity contribution is 7.98. The highest BCUT2D eigenvalue weighted by Gasteiger charge is 2.30. The summed E-state index contributed by atoms with van der Waals surface area (Å²) in [4.78, 5) is 54.3. The van der Waals surface area contributed by atoms with Crippen molar-refractivity contribution in [2.24, 2.45) is 11.7 Å². The van der Waals surface area contributed by atoms with Gasteiger partial charge in [0.1, 0.15) is 18.1 Å². The van der Waals surface area contributed by atoms with Crippen LogP contribution in [-0.2, 0) is 25.6 Å². The van der Waals surface area contributed by atoms with Crippen molar-refractivity contribution in [2.45, 2.75) is 63.7 Å². The van der Waals surface area contributed by atoms with E-state index in [-0.39, 0.29) is 12.3 Å². The maximum absolute atomic E-state index is 13.3. The Labute approximate surface area is 238 Å². The van der Waals surface area contributed by atoms with E-state index in [9.17, 15) is 24.3 Å². The van der Waals surface area contributed by atoms with Gasteiger partial charge in [-0.25, -0.2) is 4.79 Å². The fourth-order valence-corrected chi connectivity index (χ4v) is 5.11. The Morgan fingerprint density at radius 2 is 1.44 bits per heavy atom. The maximum Gasteiger partial charge on any atom is 0.326 e. The summed E-state index contributed by atoms with van der Waals surface area (Å²) in [5.41, 5.74) is 7.65. The number of aliphatic carboxylic acids is 1. The van der Waals surface area contributed by atoms with Gasteiger partial charge in [-0.3, -0.25) is 14.4 Å². The lowest BCUT2D eigenvalue weighted by atomic mass is 10.0. The number of hydrogen-bond acceptors (Lipinski definition) is 7. The first-order valence-electron chi connectivity index (χ1n) is 13.0. The molecular weight excluding hydrogens is 538 g/mol.